The molecular weight excluding hydrogens is 388 g/mol. The molecule has 150 valence electrons. The lowest BCUT2D eigenvalue weighted by Gasteiger charge is -2.29. The number of nitrogens with zero attached hydrogens (tertiary/aromatic N) is 3. The fraction of sp³-hybridized carbons (Fsp3) is 0.318. The molecule has 0 aliphatic carbocycles. The minimum atomic E-state index is 0.0107. The van der Waals surface area contributed by atoms with Gasteiger partial charge in [0.2, 0.25) is 17.6 Å². The van der Waals surface area contributed by atoms with Crippen LogP contribution in [0.25, 0.3) is 11.4 Å². The Morgan fingerprint density at radius 2 is 1.90 bits per heavy atom. The van der Waals surface area contributed by atoms with Gasteiger partial charge in [0.25, 0.3) is 0 Å². The lowest BCUT2D eigenvalue weighted by atomic mass is 9.97. The van der Waals surface area contributed by atoms with Crippen LogP contribution in [-0.4, -0.2) is 40.6 Å². The molecule has 2 aromatic carbocycles. The van der Waals surface area contributed by atoms with Crippen LogP contribution in [0.1, 0.15) is 30.2 Å². The van der Waals surface area contributed by atoms with E-state index < -0.39 is 0 Å². The number of rotatable bonds is 5. The summed E-state index contributed by atoms with van der Waals surface area (Å²) in [4.78, 5) is 19.1. The molecule has 0 unspecified atom stereocenters. The maximum atomic E-state index is 12.4. The number of carbonyl (C=O) groups is 1. The highest BCUT2D eigenvalue weighted by atomic mass is 35.5. The minimum Gasteiger partial charge on any atom is -0.339 e. The van der Waals surface area contributed by atoms with E-state index in [0.29, 0.717) is 23.3 Å². The van der Waals surface area contributed by atoms with Crippen molar-refractivity contribution in [1.29, 1.82) is 0 Å². The lowest BCUT2D eigenvalue weighted by Crippen LogP contribution is -2.38. The fourth-order valence-electron chi connectivity index (χ4n) is 3.60. The topological polar surface area (TPSA) is 71.3 Å². The van der Waals surface area contributed by atoms with Gasteiger partial charge in [-0.05, 0) is 56.6 Å². The highest BCUT2D eigenvalue weighted by molar-refractivity contribution is 6.33. The van der Waals surface area contributed by atoms with Crippen molar-refractivity contribution in [3.05, 3.63) is 65.0 Å². The summed E-state index contributed by atoms with van der Waals surface area (Å²) in [5, 5.41) is 7.70. The number of aryl methyl sites for hydroxylation is 1. The summed E-state index contributed by atoms with van der Waals surface area (Å²) in [5.41, 5.74) is 2.70. The van der Waals surface area contributed by atoms with Crippen LogP contribution in [0.15, 0.2) is 53.1 Å². The molecule has 0 atom stereocenters. The number of carbonyl (C=O) groups excluding carboxylic acids is 1. The molecule has 1 amide bonds. The van der Waals surface area contributed by atoms with Crippen molar-refractivity contribution in [2.45, 2.75) is 25.7 Å². The molecule has 0 radical (unpaired) electrons. The highest BCUT2D eigenvalue weighted by Gasteiger charge is 2.26. The third kappa shape index (κ3) is 4.66. The highest BCUT2D eigenvalue weighted by Crippen LogP contribution is 2.30. The number of hydrogen-bond acceptors (Lipinski definition) is 5. The Hall–Kier alpha value is -2.70. The van der Waals surface area contributed by atoms with Crippen molar-refractivity contribution in [2.24, 2.45) is 0 Å². The molecule has 7 heteroatoms. The molecule has 2 heterocycles. The molecule has 6 nitrogen and oxygen atoms in total. The molecular formula is C22H23ClN4O2. The number of piperidine rings is 1. The van der Waals surface area contributed by atoms with Gasteiger partial charge in [-0.1, -0.05) is 47.1 Å². The largest absolute Gasteiger partial charge is 0.339 e. The number of likely N-dealkylation sites (tertiary alicyclic amines) is 1. The number of benzene rings is 2. The van der Waals surface area contributed by atoms with Crippen molar-refractivity contribution in [2.75, 3.05) is 25.0 Å². The van der Waals surface area contributed by atoms with Gasteiger partial charge in [-0.2, -0.15) is 4.98 Å². The van der Waals surface area contributed by atoms with Gasteiger partial charge < -0.3 is 9.84 Å². The van der Waals surface area contributed by atoms with E-state index in [-0.39, 0.29) is 11.8 Å². The van der Waals surface area contributed by atoms with E-state index in [4.69, 9.17) is 16.1 Å². The van der Waals surface area contributed by atoms with Crippen LogP contribution in [0.2, 0.25) is 5.02 Å². The summed E-state index contributed by atoms with van der Waals surface area (Å²) >= 11 is 6.22. The van der Waals surface area contributed by atoms with Crippen LogP contribution in [0.3, 0.4) is 0 Å². The van der Waals surface area contributed by atoms with Crippen LogP contribution < -0.4 is 5.32 Å². The molecule has 1 N–H and O–H groups in total. The summed E-state index contributed by atoms with van der Waals surface area (Å²) in [5.74, 6) is 1.38. The summed E-state index contributed by atoms with van der Waals surface area (Å²) in [6.45, 7) is 4.00. The van der Waals surface area contributed by atoms with Gasteiger partial charge in [-0.15, -0.1) is 0 Å². The molecule has 1 fully saturated rings. The van der Waals surface area contributed by atoms with Gasteiger partial charge in [0.1, 0.15) is 0 Å². The summed E-state index contributed by atoms with van der Waals surface area (Å²) in [6.07, 6.45) is 1.75. The van der Waals surface area contributed by atoms with Gasteiger partial charge in [0.05, 0.1) is 11.6 Å². The first-order valence-electron chi connectivity index (χ1n) is 9.76. The number of aromatic nitrogens is 2. The number of nitrogens with one attached hydrogen (secondary N) is 1. The monoisotopic (exact) mass is 410 g/mol. The Kier molecular flexibility index (Phi) is 5.92. The molecule has 4 rings (SSSR count). The first kappa shape index (κ1) is 19.6. The molecule has 1 aromatic heterocycles. The van der Waals surface area contributed by atoms with Gasteiger partial charge in [-0.25, -0.2) is 0 Å². The van der Waals surface area contributed by atoms with Gasteiger partial charge in [0, 0.05) is 17.2 Å². The Labute approximate surface area is 174 Å². The van der Waals surface area contributed by atoms with Crippen LogP contribution in [0.5, 0.6) is 0 Å². The fourth-order valence-corrected chi connectivity index (χ4v) is 3.82. The van der Waals surface area contributed by atoms with E-state index >= 15 is 0 Å². The molecule has 1 saturated heterocycles. The van der Waals surface area contributed by atoms with Gasteiger partial charge in [-0.3, -0.25) is 9.69 Å². The van der Waals surface area contributed by atoms with Crippen molar-refractivity contribution < 1.29 is 9.32 Å². The quantitative estimate of drug-likeness (QED) is 0.669. The van der Waals surface area contributed by atoms with Crippen molar-refractivity contribution in [3.8, 4) is 11.4 Å². The standard InChI is InChI=1S/C22H23ClN4O2/c1-15-6-2-5-9-19(15)24-20(28)14-27-12-10-16(11-13-27)22-25-21(26-29-22)17-7-3-4-8-18(17)23/h2-9,16H,10-14H2,1H3,(H,24,28). The molecule has 1 aliphatic rings. The van der Waals surface area contributed by atoms with Gasteiger partial charge in [0.15, 0.2) is 0 Å². The predicted octanol–water partition coefficient (Wildman–Crippen LogP) is 4.52. The zero-order valence-corrected chi connectivity index (χ0v) is 17.0. The third-order valence-electron chi connectivity index (χ3n) is 5.28. The second-order valence-corrected chi connectivity index (χ2v) is 7.76. The normalized spacial score (nSPS) is 15.4. The molecule has 0 spiro atoms. The number of halogens is 1. The third-order valence-corrected chi connectivity index (χ3v) is 5.61. The number of para-hydroxylation sites is 1. The number of amides is 1. The lowest BCUT2D eigenvalue weighted by molar-refractivity contribution is -0.117. The number of anilines is 1. The summed E-state index contributed by atoms with van der Waals surface area (Å²) in [6, 6.07) is 15.3. The van der Waals surface area contributed by atoms with Crippen molar-refractivity contribution in [3.63, 3.8) is 0 Å². The smallest absolute Gasteiger partial charge is 0.238 e. The van der Waals surface area contributed by atoms with Crippen LogP contribution in [0.4, 0.5) is 5.69 Å². The first-order valence-corrected chi connectivity index (χ1v) is 10.1. The Bertz CT molecular complexity index is 996. The second kappa shape index (κ2) is 8.76. The minimum absolute atomic E-state index is 0.0107. The van der Waals surface area contributed by atoms with Crippen LogP contribution >= 0.6 is 11.6 Å². The molecule has 29 heavy (non-hydrogen) atoms. The Morgan fingerprint density at radius 3 is 2.66 bits per heavy atom. The molecule has 1 aliphatic heterocycles. The maximum absolute atomic E-state index is 12.4. The van der Waals surface area contributed by atoms with Crippen LogP contribution in [-0.2, 0) is 4.79 Å². The van der Waals surface area contributed by atoms with Crippen molar-refractivity contribution in [1.82, 2.24) is 15.0 Å². The van der Waals surface area contributed by atoms with Gasteiger partial charge >= 0.3 is 0 Å². The molecule has 0 bridgehead atoms. The van der Waals surface area contributed by atoms with Crippen LogP contribution in [0, 0.1) is 6.92 Å². The Balaban J connectivity index is 1.31. The first-order chi connectivity index (χ1) is 14.1. The average Bonchev–Trinajstić information content (AvgIpc) is 3.20. The maximum Gasteiger partial charge on any atom is 0.238 e. The van der Waals surface area contributed by atoms with E-state index in [2.05, 4.69) is 20.4 Å². The SMILES string of the molecule is Cc1ccccc1NC(=O)CN1CCC(c2nc(-c3ccccc3Cl)no2)CC1. The van der Waals surface area contributed by atoms with E-state index in [1.165, 1.54) is 0 Å². The zero-order valence-electron chi connectivity index (χ0n) is 16.3. The summed E-state index contributed by atoms with van der Waals surface area (Å²) in [7, 11) is 0. The molecule has 3 aromatic rings. The van der Waals surface area contributed by atoms with E-state index in [9.17, 15) is 4.79 Å². The molecule has 0 saturated carbocycles. The van der Waals surface area contributed by atoms with E-state index in [1.807, 2.05) is 55.5 Å². The number of hydrogen-bond donors (Lipinski definition) is 1. The predicted molar refractivity (Wildman–Crippen MR) is 113 cm³/mol. The zero-order chi connectivity index (χ0) is 20.2. The summed E-state index contributed by atoms with van der Waals surface area (Å²) < 4.78 is 5.50. The Morgan fingerprint density at radius 1 is 1.17 bits per heavy atom. The average molecular weight is 411 g/mol. The van der Waals surface area contributed by atoms with E-state index in [0.717, 1.165) is 42.7 Å². The second-order valence-electron chi connectivity index (χ2n) is 7.35. The van der Waals surface area contributed by atoms with Crippen molar-refractivity contribution >= 4 is 23.2 Å². The van der Waals surface area contributed by atoms with E-state index in [1.54, 1.807) is 0 Å².